The fourth-order valence-corrected chi connectivity index (χ4v) is 2.69. The first kappa shape index (κ1) is 11.9. The van der Waals surface area contributed by atoms with E-state index in [2.05, 4.69) is 24.1 Å². The number of carbonyl (C=O) groups excluding carboxylic acids is 1. The number of nitrogens with zero attached hydrogens (tertiary/aromatic N) is 1. The van der Waals surface area contributed by atoms with Gasteiger partial charge in [0.25, 0.3) is 0 Å². The van der Waals surface area contributed by atoms with Gasteiger partial charge in [0.2, 0.25) is 5.91 Å². The van der Waals surface area contributed by atoms with Crippen LogP contribution in [0.4, 0.5) is 0 Å². The number of piperidine rings is 1. The first-order valence-electron chi connectivity index (χ1n) is 6.26. The first-order valence-corrected chi connectivity index (χ1v) is 6.26. The van der Waals surface area contributed by atoms with Crippen LogP contribution in [0.25, 0.3) is 0 Å². The fraction of sp³-hybridized carbons (Fsp3) is 0.917. The highest BCUT2D eigenvalue weighted by Gasteiger charge is 2.35. The smallest absolute Gasteiger partial charge is 0.248 e. The number of rotatable bonds is 2. The lowest BCUT2D eigenvalue weighted by molar-refractivity contribution is -0.136. The average Bonchev–Trinajstić information content (AvgIpc) is 2.40. The lowest BCUT2D eigenvalue weighted by atomic mass is 9.92. The third kappa shape index (κ3) is 2.55. The summed E-state index contributed by atoms with van der Waals surface area (Å²) in [6.07, 6.45) is 1.06. The zero-order valence-corrected chi connectivity index (χ0v) is 10.2. The maximum absolute atomic E-state index is 12.0. The number of ether oxygens (including phenoxy) is 1. The van der Waals surface area contributed by atoms with Crippen molar-refractivity contribution in [3.8, 4) is 0 Å². The van der Waals surface area contributed by atoms with Crippen LogP contribution in [-0.2, 0) is 9.53 Å². The third-order valence-corrected chi connectivity index (χ3v) is 3.41. The summed E-state index contributed by atoms with van der Waals surface area (Å²) in [5, 5.41) is 3.38. The molecule has 0 bridgehead atoms. The van der Waals surface area contributed by atoms with E-state index in [4.69, 9.17) is 4.74 Å². The van der Waals surface area contributed by atoms with Crippen molar-refractivity contribution in [1.29, 1.82) is 0 Å². The SMILES string of the molecule is CC(C)CN1C(=O)COC[C@H]2CNCC[C@H]21. The second-order valence-corrected chi connectivity index (χ2v) is 5.28. The summed E-state index contributed by atoms with van der Waals surface area (Å²) in [5.74, 6) is 1.17. The van der Waals surface area contributed by atoms with Crippen LogP contribution in [0, 0.1) is 11.8 Å². The minimum absolute atomic E-state index is 0.170. The molecular formula is C12H22N2O2. The summed E-state index contributed by atoms with van der Waals surface area (Å²) < 4.78 is 5.46. The normalized spacial score (nSPS) is 31.4. The van der Waals surface area contributed by atoms with Gasteiger partial charge in [0, 0.05) is 25.0 Å². The van der Waals surface area contributed by atoms with E-state index in [1.807, 2.05) is 0 Å². The van der Waals surface area contributed by atoms with Crippen molar-refractivity contribution < 1.29 is 9.53 Å². The standard InChI is InChI=1S/C12H22N2O2/c1-9(2)6-14-11-3-4-13-5-10(11)7-16-8-12(14)15/h9-11,13H,3-8H2,1-2H3/t10-,11-/m1/s1. The third-order valence-electron chi connectivity index (χ3n) is 3.41. The Bertz CT molecular complexity index is 255. The van der Waals surface area contributed by atoms with E-state index in [1.54, 1.807) is 0 Å². The van der Waals surface area contributed by atoms with Gasteiger partial charge in [0.1, 0.15) is 6.61 Å². The lowest BCUT2D eigenvalue weighted by Crippen LogP contribution is -2.52. The highest BCUT2D eigenvalue weighted by atomic mass is 16.5. The van der Waals surface area contributed by atoms with Crippen molar-refractivity contribution >= 4 is 5.91 Å². The zero-order chi connectivity index (χ0) is 11.5. The molecule has 92 valence electrons. The number of nitrogens with one attached hydrogen (secondary N) is 1. The molecule has 4 nitrogen and oxygen atoms in total. The van der Waals surface area contributed by atoms with Crippen molar-refractivity contribution in [2.75, 3.05) is 32.8 Å². The van der Waals surface area contributed by atoms with Crippen molar-refractivity contribution in [2.45, 2.75) is 26.3 Å². The molecule has 0 saturated carbocycles. The van der Waals surface area contributed by atoms with Gasteiger partial charge in [-0.2, -0.15) is 0 Å². The number of fused-ring (bicyclic) bond motifs is 1. The molecule has 0 aromatic rings. The van der Waals surface area contributed by atoms with Gasteiger partial charge in [0.15, 0.2) is 0 Å². The van der Waals surface area contributed by atoms with E-state index in [0.29, 0.717) is 17.9 Å². The van der Waals surface area contributed by atoms with Crippen LogP contribution in [0.5, 0.6) is 0 Å². The monoisotopic (exact) mass is 226 g/mol. The minimum Gasteiger partial charge on any atom is -0.371 e. The molecule has 0 aromatic carbocycles. The van der Waals surface area contributed by atoms with Gasteiger partial charge in [0.05, 0.1) is 6.61 Å². The van der Waals surface area contributed by atoms with Crippen molar-refractivity contribution in [3.63, 3.8) is 0 Å². The number of amides is 1. The van der Waals surface area contributed by atoms with Crippen molar-refractivity contribution in [3.05, 3.63) is 0 Å². The van der Waals surface area contributed by atoms with Crippen LogP contribution in [0.2, 0.25) is 0 Å². The molecule has 1 amide bonds. The summed E-state index contributed by atoms with van der Waals surface area (Å²) in [6, 6.07) is 0.388. The van der Waals surface area contributed by atoms with Gasteiger partial charge in [-0.1, -0.05) is 13.8 Å². The average molecular weight is 226 g/mol. The molecule has 2 fully saturated rings. The van der Waals surface area contributed by atoms with Crippen molar-refractivity contribution in [2.24, 2.45) is 11.8 Å². The lowest BCUT2D eigenvalue weighted by Gasteiger charge is -2.38. The van der Waals surface area contributed by atoms with Crippen LogP contribution in [-0.4, -0.2) is 49.7 Å². The van der Waals surface area contributed by atoms with Gasteiger partial charge in [-0.05, 0) is 18.9 Å². The van der Waals surface area contributed by atoms with E-state index in [9.17, 15) is 4.79 Å². The number of carbonyl (C=O) groups is 1. The van der Waals surface area contributed by atoms with Crippen LogP contribution >= 0.6 is 0 Å². The highest BCUT2D eigenvalue weighted by Crippen LogP contribution is 2.22. The van der Waals surface area contributed by atoms with Gasteiger partial charge in [-0.3, -0.25) is 4.79 Å². The summed E-state index contributed by atoms with van der Waals surface area (Å²) >= 11 is 0. The summed E-state index contributed by atoms with van der Waals surface area (Å²) in [7, 11) is 0. The summed E-state index contributed by atoms with van der Waals surface area (Å²) in [5.41, 5.74) is 0. The van der Waals surface area contributed by atoms with Crippen LogP contribution in [0.1, 0.15) is 20.3 Å². The Balaban J connectivity index is 2.11. The molecule has 0 aromatic heterocycles. The minimum atomic E-state index is 0.170. The summed E-state index contributed by atoms with van der Waals surface area (Å²) in [4.78, 5) is 14.0. The predicted molar refractivity (Wildman–Crippen MR) is 62.1 cm³/mol. The second kappa shape index (κ2) is 5.15. The molecule has 2 heterocycles. The Morgan fingerprint density at radius 1 is 1.56 bits per heavy atom. The quantitative estimate of drug-likeness (QED) is 0.744. The molecule has 0 aliphatic carbocycles. The molecule has 4 heteroatoms. The number of hydrogen-bond acceptors (Lipinski definition) is 3. The maximum Gasteiger partial charge on any atom is 0.248 e. The maximum atomic E-state index is 12.0. The zero-order valence-electron chi connectivity index (χ0n) is 10.2. The van der Waals surface area contributed by atoms with E-state index in [-0.39, 0.29) is 12.5 Å². The largest absolute Gasteiger partial charge is 0.371 e. The van der Waals surface area contributed by atoms with Crippen LogP contribution in [0.3, 0.4) is 0 Å². The molecule has 16 heavy (non-hydrogen) atoms. The Kier molecular flexibility index (Phi) is 3.82. The second-order valence-electron chi connectivity index (χ2n) is 5.28. The van der Waals surface area contributed by atoms with Gasteiger partial charge in [-0.15, -0.1) is 0 Å². The van der Waals surface area contributed by atoms with Gasteiger partial charge in [-0.25, -0.2) is 0 Å². The van der Waals surface area contributed by atoms with Crippen LogP contribution in [0.15, 0.2) is 0 Å². The molecule has 0 unspecified atom stereocenters. The Morgan fingerprint density at radius 2 is 2.38 bits per heavy atom. The Hall–Kier alpha value is -0.610. The molecule has 2 atom stereocenters. The van der Waals surface area contributed by atoms with E-state index < -0.39 is 0 Å². The van der Waals surface area contributed by atoms with Crippen LogP contribution < -0.4 is 5.32 Å². The van der Waals surface area contributed by atoms with Crippen molar-refractivity contribution in [1.82, 2.24) is 10.2 Å². The molecule has 2 aliphatic rings. The molecule has 1 N–H and O–H groups in total. The molecule has 2 aliphatic heterocycles. The molecule has 2 rings (SSSR count). The first-order chi connectivity index (χ1) is 7.68. The molecular weight excluding hydrogens is 204 g/mol. The Morgan fingerprint density at radius 3 is 3.12 bits per heavy atom. The fourth-order valence-electron chi connectivity index (χ4n) is 2.69. The highest BCUT2D eigenvalue weighted by molar-refractivity contribution is 5.78. The van der Waals surface area contributed by atoms with E-state index in [0.717, 1.165) is 32.7 Å². The predicted octanol–water partition coefficient (Wildman–Crippen LogP) is 0.479. The molecule has 0 spiro atoms. The summed E-state index contributed by atoms with van der Waals surface area (Å²) in [6.45, 7) is 8.17. The number of hydrogen-bond donors (Lipinski definition) is 1. The van der Waals surface area contributed by atoms with E-state index in [1.165, 1.54) is 0 Å². The Labute approximate surface area is 97.3 Å². The van der Waals surface area contributed by atoms with Gasteiger partial charge >= 0.3 is 0 Å². The van der Waals surface area contributed by atoms with E-state index >= 15 is 0 Å². The topological polar surface area (TPSA) is 41.6 Å². The molecule has 2 saturated heterocycles. The van der Waals surface area contributed by atoms with Gasteiger partial charge < -0.3 is 15.0 Å². The molecule has 0 radical (unpaired) electrons.